The van der Waals surface area contributed by atoms with Crippen molar-refractivity contribution in [3.05, 3.63) is 59.4 Å². The molecular weight excluding hydrogens is 335 g/mol. The second-order valence-corrected chi connectivity index (χ2v) is 6.41. The molecule has 26 heavy (non-hydrogen) atoms. The number of carbonyl (C=O) groups excluding carboxylic acids is 2. The van der Waals surface area contributed by atoms with Gasteiger partial charge >= 0.3 is 0 Å². The molecule has 0 radical (unpaired) electrons. The Balaban J connectivity index is 1.63. The molecule has 1 saturated heterocycles. The zero-order valence-electron chi connectivity index (χ0n) is 14.6. The van der Waals surface area contributed by atoms with Gasteiger partial charge in [-0.05, 0) is 24.1 Å². The predicted octanol–water partition coefficient (Wildman–Crippen LogP) is 2.10. The maximum absolute atomic E-state index is 13.3. The van der Waals surface area contributed by atoms with Gasteiger partial charge in [0.25, 0.3) is 5.91 Å². The van der Waals surface area contributed by atoms with Gasteiger partial charge in [-0.1, -0.05) is 25.5 Å². The quantitative estimate of drug-likeness (QED) is 0.860. The Labute approximate surface area is 151 Å². The summed E-state index contributed by atoms with van der Waals surface area (Å²) < 4.78 is 13.3. The largest absolute Gasteiger partial charge is 0.347 e. The van der Waals surface area contributed by atoms with E-state index < -0.39 is 0 Å². The van der Waals surface area contributed by atoms with Crippen LogP contribution < -0.4 is 5.32 Å². The van der Waals surface area contributed by atoms with Crippen LogP contribution in [-0.2, 0) is 17.8 Å². The minimum atomic E-state index is -0.327. The van der Waals surface area contributed by atoms with Gasteiger partial charge < -0.3 is 10.2 Å². The van der Waals surface area contributed by atoms with Crippen LogP contribution in [0.3, 0.4) is 0 Å². The Morgan fingerprint density at radius 2 is 2.27 bits per heavy atom. The lowest BCUT2D eigenvalue weighted by Gasteiger charge is -2.17. The van der Waals surface area contributed by atoms with E-state index >= 15 is 0 Å². The van der Waals surface area contributed by atoms with Crippen LogP contribution in [0.1, 0.15) is 41.4 Å². The number of aromatic nitrogens is 2. The average molecular weight is 356 g/mol. The molecule has 3 rings (SSSR count). The Kier molecular flexibility index (Phi) is 5.55. The van der Waals surface area contributed by atoms with Gasteiger partial charge in [0, 0.05) is 25.7 Å². The summed E-state index contributed by atoms with van der Waals surface area (Å²) >= 11 is 0. The van der Waals surface area contributed by atoms with Gasteiger partial charge in [-0.3, -0.25) is 9.59 Å². The van der Waals surface area contributed by atoms with E-state index in [-0.39, 0.29) is 30.1 Å². The lowest BCUT2D eigenvalue weighted by atomic mass is 10.1. The number of carbonyl (C=O) groups is 2. The van der Waals surface area contributed by atoms with Crippen LogP contribution in [0.4, 0.5) is 4.39 Å². The van der Waals surface area contributed by atoms with E-state index in [1.54, 1.807) is 17.0 Å². The number of aryl methyl sites for hydroxylation is 1. The van der Waals surface area contributed by atoms with Crippen molar-refractivity contribution in [2.24, 2.45) is 0 Å². The second-order valence-electron chi connectivity index (χ2n) is 6.41. The zero-order chi connectivity index (χ0) is 18.5. The molecule has 1 fully saturated rings. The lowest BCUT2D eigenvalue weighted by molar-refractivity contribution is -0.128. The monoisotopic (exact) mass is 356 g/mol. The normalized spacial score (nSPS) is 16.8. The summed E-state index contributed by atoms with van der Waals surface area (Å²) in [5.74, 6) is -0.649. The Bertz CT molecular complexity index is 812. The van der Waals surface area contributed by atoms with Crippen molar-refractivity contribution >= 4 is 11.8 Å². The van der Waals surface area contributed by atoms with Crippen LogP contribution in [0.15, 0.2) is 36.8 Å². The third-order valence-electron chi connectivity index (χ3n) is 4.34. The van der Waals surface area contributed by atoms with Gasteiger partial charge in [-0.2, -0.15) is 0 Å². The molecule has 136 valence electrons. The number of hydrogen-bond donors (Lipinski definition) is 1. The van der Waals surface area contributed by atoms with Gasteiger partial charge in [-0.15, -0.1) is 0 Å². The number of hydrogen-bond acceptors (Lipinski definition) is 4. The molecule has 1 aliphatic rings. The van der Waals surface area contributed by atoms with Crippen LogP contribution in [0.5, 0.6) is 0 Å². The van der Waals surface area contributed by atoms with Crippen molar-refractivity contribution in [1.82, 2.24) is 20.2 Å². The summed E-state index contributed by atoms with van der Waals surface area (Å²) in [6.45, 7) is 2.75. The molecule has 0 aliphatic carbocycles. The number of benzene rings is 1. The summed E-state index contributed by atoms with van der Waals surface area (Å²) in [5, 5.41) is 2.90. The fraction of sp³-hybridized carbons (Fsp3) is 0.368. The fourth-order valence-corrected chi connectivity index (χ4v) is 3.12. The third-order valence-corrected chi connectivity index (χ3v) is 4.34. The first-order chi connectivity index (χ1) is 12.6. The van der Waals surface area contributed by atoms with Crippen molar-refractivity contribution in [3.63, 3.8) is 0 Å². The SMILES string of the molecule is CCCc1ncncc1C(=O)N[C@H]1CC(=O)N(Cc2cccc(F)c2)C1. The van der Waals surface area contributed by atoms with Crippen LogP contribution >= 0.6 is 0 Å². The molecule has 1 aromatic carbocycles. The molecule has 1 aromatic heterocycles. The van der Waals surface area contributed by atoms with Crippen molar-refractivity contribution in [1.29, 1.82) is 0 Å². The standard InChI is InChI=1S/C19H21FN4O2/c1-2-4-17-16(9-21-12-22-17)19(26)23-15-8-18(25)24(11-15)10-13-5-3-6-14(20)7-13/h3,5-7,9,12,15H,2,4,8,10-11H2,1H3,(H,23,26)/t15-/m0/s1. The number of nitrogens with one attached hydrogen (secondary N) is 1. The average Bonchev–Trinajstić information content (AvgIpc) is 2.94. The highest BCUT2D eigenvalue weighted by molar-refractivity contribution is 5.95. The topological polar surface area (TPSA) is 75.2 Å². The number of rotatable bonds is 6. The molecule has 2 aromatic rings. The maximum Gasteiger partial charge on any atom is 0.254 e. The molecule has 0 saturated carbocycles. The maximum atomic E-state index is 13.3. The number of amides is 2. The second kappa shape index (κ2) is 8.03. The zero-order valence-corrected chi connectivity index (χ0v) is 14.6. The first kappa shape index (κ1) is 18.0. The molecule has 2 amide bonds. The summed E-state index contributed by atoms with van der Waals surface area (Å²) in [4.78, 5) is 34.5. The molecule has 0 bridgehead atoms. The molecular formula is C19H21FN4O2. The first-order valence-corrected chi connectivity index (χ1v) is 8.68. The fourth-order valence-electron chi connectivity index (χ4n) is 3.12. The van der Waals surface area contributed by atoms with E-state index in [4.69, 9.17) is 0 Å². The molecule has 0 unspecified atom stereocenters. The number of nitrogens with zero attached hydrogens (tertiary/aromatic N) is 3. The van der Waals surface area contributed by atoms with E-state index in [0.29, 0.717) is 30.8 Å². The van der Waals surface area contributed by atoms with Crippen molar-refractivity contribution in [2.75, 3.05) is 6.54 Å². The van der Waals surface area contributed by atoms with Crippen molar-refractivity contribution < 1.29 is 14.0 Å². The van der Waals surface area contributed by atoms with Gasteiger partial charge in [0.1, 0.15) is 12.1 Å². The predicted molar refractivity (Wildman–Crippen MR) is 93.7 cm³/mol. The van der Waals surface area contributed by atoms with Gasteiger partial charge in [0.15, 0.2) is 0 Å². The van der Waals surface area contributed by atoms with Crippen LogP contribution in [0.2, 0.25) is 0 Å². The highest BCUT2D eigenvalue weighted by atomic mass is 19.1. The highest BCUT2D eigenvalue weighted by Gasteiger charge is 2.31. The molecule has 1 N–H and O–H groups in total. The first-order valence-electron chi connectivity index (χ1n) is 8.68. The Morgan fingerprint density at radius 3 is 3.04 bits per heavy atom. The van der Waals surface area contributed by atoms with Crippen LogP contribution in [-0.4, -0.2) is 39.3 Å². The Morgan fingerprint density at radius 1 is 1.42 bits per heavy atom. The minimum absolute atomic E-state index is 0.0577. The Hall–Kier alpha value is -2.83. The van der Waals surface area contributed by atoms with Crippen molar-refractivity contribution in [2.45, 2.75) is 38.8 Å². The van der Waals surface area contributed by atoms with E-state index in [1.807, 2.05) is 6.92 Å². The van der Waals surface area contributed by atoms with Gasteiger partial charge in [-0.25, -0.2) is 14.4 Å². The molecule has 2 heterocycles. The summed E-state index contributed by atoms with van der Waals surface area (Å²) in [5.41, 5.74) is 1.89. The highest BCUT2D eigenvalue weighted by Crippen LogP contribution is 2.17. The minimum Gasteiger partial charge on any atom is -0.347 e. The summed E-state index contributed by atoms with van der Waals surface area (Å²) in [6, 6.07) is 5.90. The molecule has 0 spiro atoms. The lowest BCUT2D eigenvalue weighted by Crippen LogP contribution is -2.37. The van der Waals surface area contributed by atoms with Crippen molar-refractivity contribution in [3.8, 4) is 0 Å². The van der Waals surface area contributed by atoms with E-state index in [2.05, 4.69) is 15.3 Å². The number of likely N-dealkylation sites (tertiary alicyclic amines) is 1. The summed E-state index contributed by atoms with van der Waals surface area (Å²) in [6.07, 6.45) is 4.75. The third kappa shape index (κ3) is 4.22. The van der Waals surface area contributed by atoms with E-state index in [9.17, 15) is 14.0 Å². The van der Waals surface area contributed by atoms with Gasteiger partial charge in [0.2, 0.25) is 5.91 Å². The number of halogens is 1. The van der Waals surface area contributed by atoms with Crippen LogP contribution in [0, 0.1) is 5.82 Å². The van der Waals surface area contributed by atoms with Crippen LogP contribution in [0.25, 0.3) is 0 Å². The molecule has 1 atom stereocenters. The van der Waals surface area contributed by atoms with E-state index in [0.717, 1.165) is 12.0 Å². The summed E-state index contributed by atoms with van der Waals surface area (Å²) in [7, 11) is 0. The molecule has 1 aliphatic heterocycles. The smallest absolute Gasteiger partial charge is 0.254 e. The molecule has 7 heteroatoms. The van der Waals surface area contributed by atoms with Gasteiger partial charge in [0.05, 0.1) is 17.3 Å². The van der Waals surface area contributed by atoms with E-state index in [1.165, 1.54) is 24.7 Å². The molecule has 6 nitrogen and oxygen atoms in total.